The maximum Gasteiger partial charge on any atom is 0.298 e. The van der Waals surface area contributed by atoms with E-state index in [0.29, 0.717) is 49.7 Å². The van der Waals surface area contributed by atoms with E-state index < -0.39 is 0 Å². The lowest BCUT2D eigenvalue weighted by molar-refractivity contribution is -0.121. The van der Waals surface area contributed by atoms with Crippen LogP contribution in [-0.2, 0) is 42.6 Å². The van der Waals surface area contributed by atoms with Crippen molar-refractivity contribution in [2.75, 3.05) is 18.1 Å². The number of halogens is 1. The van der Waals surface area contributed by atoms with Crippen LogP contribution in [0.4, 0.5) is 5.82 Å². The third kappa shape index (κ3) is 7.44. The zero-order valence-electron chi connectivity index (χ0n) is 30.9. The highest BCUT2D eigenvalue weighted by Gasteiger charge is 2.30. The van der Waals surface area contributed by atoms with Crippen molar-refractivity contribution < 1.29 is 19.1 Å². The van der Waals surface area contributed by atoms with Gasteiger partial charge in [-0.05, 0) is 104 Å². The molecule has 0 atom stereocenters. The number of amides is 1. The highest BCUT2D eigenvalue weighted by atomic mass is 35.5. The molecule has 1 aliphatic carbocycles. The van der Waals surface area contributed by atoms with Crippen molar-refractivity contribution in [2.45, 2.75) is 66.5 Å². The van der Waals surface area contributed by atoms with E-state index in [4.69, 9.17) is 26.1 Å². The van der Waals surface area contributed by atoms with Gasteiger partial charge in [-0.2, -0.15) is 5.10 Å². The maximum atomic E-state index is 14.2. The summed E-state index contributed by atoms with van der Waals surface area (Å²) in [6, 6.07) is 22.1. The SMILES string of the molecule is Cc1cc(OCCCC2=C(C(=O)NCc3cc(OC=O)cc(N4CCc5ccccc5C4)n3)Cc3c2cccc3-c2c(C)nn(C)c2C)cc(C)c1Cl. The summed E-state index contributed by atoms with van der Waals surface area (Å²) in [7, 11) is 1.96. The lowest BCUT2D eigenvalue weighted by Gasteiger charge is -2.30. The monoisotopic (exact) mass is 729 g/mol. The Kier molecular flexibility index (Phi) is 10.4. The molecular formula is C43H44ClN5O4. The fourth-order valence-electron chi connectivity index (χ4n) is 7.72. The first kappa shape index (κ1) is 36.0. The van der Waals surface area contributed by atoms with Crippen molar-refractivity contribution in [3.8, 4) is 22.6 Å². The van der Waals surface area contributed by atoms with E-state index in [0.717, 1.165) is 86.1 Å². The highest BCUT2D eigenvalue weighted by Crippen LogP contribution is 2.42. The Bertz CT molecular complexity index is 2230. The number of benzene rings is 3. The summed E-state index contributed by atoms with van der Waals surface area (Å²) in [5.41, 5.74) is 13.3. The summed E-state index contributed by atoms with van der Waals surface area (Å²) in [5, 5.41) is 8.60. The smallest absolute Gasteiger partial charge is 0.298 e. The second-order valence-corrected chi connectivity index (χ2v) is 14.3. The molecule has 2 aromatic heterocycles. The number of carbonyl (C=O) groups is 2. The number of pyridine rings is 1. The summed E-state index contributed by atoms with van der Waals surface area (Å²) in [5.74, 6) is 1.73. The second kappa shape index (κ2) is 15.3. The summed E-state index contributed by atoms with van der Waals surface area (Å²) in [6.45, 7) is 10.6. The minimum absolute atomic E-state index is 0.149. The van der Waals surface area contributed by atoms with E-state index in [1.807, 2.05) is 50.7 Å². The van der Waals surface area contributed by atoms with Crippen LogP contribution < -0.4 is 19.7 Å². The number of nitrogens with zero attached hydrogens (tertiary/aromatic N) is 4. The average Bonchev–Trinajstić information content (AvgIpc) is 3.65. The molecule has 10 heteroatoms. The molecule has 3 heterocycles. The van der Waals surface area contributed by atoms with E-state index in [9.17, 15) is 9.59 Å². The first-order valence-electron chi connectivity index (χ1n) is 18.1. The molecule has 3 aromatic carbocycles. The van der Waals surface area contributed by atoms with Gasteiger partial charge in [-0.3, -0.25) is 14.3 Å². The van der Waals surface area contributed by atoms with Gasteiger partial charge in [0.1, 0.15) is 17.3 Å². The average molecular weight is 730 g/mol. The number of aromatic nitrogens is 3. The Hall–Kier alpha value is -5.41. The predicted molar refractivity (Wildman–Crippen MR) is 208 cm³/mol. The third-order valence-electron chi connectivity index (χ3n) is 10.4. The molecule has 1 N–H and O–H groups in total. The van der Waals surface area contributed by atoms with Gasteiger partial charge in [-0.1, -0.05) is 54.1 Å². The van der Waals surface area contributed by atoms with Crippen LogP contribution in [0.5, 0.6) is 11.5 Å². The Morgan fingerprint density at radius 2 is 1.72 bits per heavy atom. The molecule has 2 aliphatic rings. The fourth-order valence-corrected chi connectivity index (χ4v) is 7.83. The zero-order chi connectivity index (χ0) is 37.2. The molecule has 0 fully saturated rings. The van der Waals surface area contributed by atoms with Crippen LogP contribution in [0.15, 0.2) is 72.3 Å². The first-order valence-corrected chi connectivity index (χ1v) is 18.4. The van der Waals surface area contributed by atoms with Crippen LogP contribution in [-0.4, -0.2) is 40.3 Å². The van der Waals surface area contributed by atoms with Crippen molar-refractivity contribution in [1.29, 1.82) is 0 Å². The van der Waals surface area contributed by atoms with Crippen LogP contribution in [0.25, 0.3) is 16.7 Å². The third-order valence-corrected chi connectivity index (χ3v) is 11.0. The van der Waals surface area contributed by atoms with E-state index in [2.05, 4.69) is 58.6 Å². The van der Waals surface area contributed by atoms with Gasteiger partial charge in [0.25, 0.3) is 6.47 Å². The molecule has 5 aromatic rings. The van der Waals surface area contributed by atoms with Gasteiger partial charge in [0.2, 0.25) is 5.91 Å². The van der Waals surface area contributed by atoms with Gasteiger partial charge in [-0.25, -0.2) is 4.98 Å². The molecule has 0 radical (unpaired) electrons. The van der Waals surface area contributed by atoms with E-state index >= 15 is 0 Å². The molecule has 0 unspecified atom stereocenters. The van der Waals surface area contributed by atoms with Crippen LogP contribution >= 0.6 is 11.6 Å². The van der Waals surface area contributed by atoms with E-state index in [1.54, 1.807) is 12.1 Å². The van der Waals surface area contributed by atoms with Crippen molar-refractivity contribution >= 4 is 35.4 Å². The molecule has 1 aliphatic heterocycles. The molecule has 0 bridgehead atoms. The van der Waals surface area contributed by atoms with E-state index in [1.165, 1.54) is 11.1 Å². The Morgan fingerprint density at radius 3 is 2.45 bits per heavy atom. The van der Waals surface area contributed by atoms with Crippen molar-refractivity contribution in [3.05, 3.63) is 128 Å². The summed E-state index contributed by atoms with van der Waals surface area (Å²) in [4.78, 5) is 32.7. The minimum atomic E-state index is -0.149. The number of allylic oxidation sites excluding steroid dienone is 1. The number of rotatable bonds is 12. The minimum Gasteiger partial charge on any atom is -0.494 e. The molecule has 7 rings (SSSR count). The van der Waals surface area contributed by atoms with Crippen LogP contribution in [0, 0.1) is 27.7 Å². The Balaban J connectivity index is 1.14. The predicted octanol–water partition coefficient (Wildman–Crippen LogP) is 7.95. The maximum absolute atomic E-state index is 14.2. The first-order chi connectivity index (χ1) is 25.6. The normalized spacial score (nSPS) is 13.5. The summed E-state index contributed by atoms with van der Waals surface area (Å²) >= 11 is 6.38. The van der Waals surface area contributed by atoms with Gasteiger partial charge in [0, 0.05) is 60.5 Å². The standard InChI is InChI=1S/C43H44ClN5O4/c1-26-18-33(19-27(2)42(26)44)52-17-9-14-36-35-12-8-13-37(41-28(3)47-48(5)29(41)4)38(35)22-39(36)43(51)45-23-32-20-34(53-25-50)21-40(46-32)49-16-15-30-10-6-7-11-31(30)24-49/h6-8,10-13,18-21,25H,9,14-17,22-24H2,1-5H3,(H,45,51). The van der Waals surface area contributed by atoms with Gasteiger partial charge in [0.15, 0.2) is 0 Å². The molecule has 9 nitrogen and oxygen atoms in total. The van der Waals surface area contributed by atoms with Gasteiger partial charge < -0.3 is 19.7 Å². The number of ether oxygens (including phenoxy) is 2. The number of hydrogen-bond donors (Lipinski definition) is 1. The number of aryl methyl sites for hydroxylation is 4. The Labute approximate surface area is 315 Å². The zero-order valence-corrected chi connectivity index (χ0v) is 31.6. The van der Waals surface area contributed by atoms with Crippen LogP contribution in [0.1, 0.15) is 63.3 Å². The van der Waals surface area contributed by atoms with Gasteiger partial charge in [-0.15, -0.1) is 0 Å². The molecule has 1 amide bonds. The van der Waals surface area contributed by atoms with Crippen molar-refractivity contribution in [1.82, 2.24) is 20.1 Å². The topological polar surface area (TPSA) is 98.6 Å². The summed E-state index contributed by atoms with van der Waals surface area (Å²) < 4.78 is 13.4. The molecule has 272 valence electrons. The summed E-state index contributed by atoms with van der Waals surface area (Å²) in [6.07, 6.45) is 2.77. The largest absolute Gasteiger partial charge is 0.494 e. The van der Waals surface area contributed by atoms with Gasteiger partial charge in [0.05, 0.1) is 24.5 Å². The van der Waals surface area contributed by atoms with Crippen molar-refractivity contribution in [3.63, 3.8) is 0 Å². The quantitative estimate of drug-likeness (QED) is 0.103. The fraction of sp³-hybridized carbons (Fsp3) is 0.302. The van der Waals surface area contributed by atoms with E-state index in [-0.39, 0.29) is 12.5 Å². The second-order valence-electron chi connectivity index (χ2n) is 13.9. The van der Waals surface area contributed by atoms with Crippen molar-refractivity contribution in [2.24, 2.45) is 7.05 Å². The number of anilines is 1. The number of carbonyl (C=O) groups excluding carboxylic acids is 2. The molecule has 0 saturated carbocycles. The molecular weight excluding hydrogens is 686 g/mol. The Morgan fingerprint density at radius 1 is 0.962 bits per heavy atom. The molecule has 0 spiro atoms. The molecule has 0 saturated heterocycles. The number of hydrogen-bond acceptors (Lipinski definition) is 7. The lowest BCUT2D eigenvalue weighted by Crippen LogP contribution is -2.31. The van der Waals surface area contributed by atoms with Gasteiger partial charge >= 0.3 is 0 Å². The number of nitrogens with one attached hydrogen (secondary N) is 1. The molecule has 53 heavy (non-hydrogen) atoms. The van der Waals surface area contributed by atoms with Crippen LogP contribution in [0.2, 0.25) is 5.02 Å². The lowest BCUT2D eigenvalue weighted by atomic mass is 9.93. The highest BCUT2D eigenvalue weighted by molar-refractivity contribution is 6.32. The number of fused-ring (bicyclic) bond motifs is 2. The van der Waals surface area contributed by atoms with Crippen LogP contribution in [0.3, 0.4) is 0 Å².